The van der Waals surface area contributed by atoms with Gasteiger partial charge in [0.15, 0.2) is 0 Å². The lowest BCUT2D eigenvalue weighted by molar-refractivity contribution is -0.128. The maximum atomic E-state index is 5.95. The van der Waals surface area contributed by atoms with Gasteiger partial charge in [-0.15, -0.1) is 0 Å². The van der Waals surface area contributed by atoms with E-state index in [4.69, 9.17) is 4.74 Å². The van der Waals surface area contributed by atoms with Crippen LogP contribution < -0.4 is 5.32 Å². The van der Waals surface area contributed by atoms with Crippen LogP contribution in [0.5, 0.6) is 0 Å². The van der Waals surface area contributed by atoms with Crippen molar-refractivity contribution in [3.05, 3.63) is 0 Å². The molecule has 0 aromatic heterocycles. The number of ether oxygens (including phenoxy) is 1. The Morgan fingerprint density at radius 3 is 2.74 bits per heavy atom. The fourth-order valence-electron chi connectivity index (χ4n) is 3.80. The number of rotatable bonds is 4. The molecular weight excluding hydrogens is 236 g/mol. The van der Waals surface area contributed by atoms with E-state index in [2.05, 4.69) is 37.9 Å². The average Bonchev–Trinajstić information content (AvgIpc) is 2.26. The van der Waals surface area contributed by atoms with Gasteiger partial charge in [0.2, 0.25) is 0 Å². The molecule has 3 unspecified atom stereocenters. The summed E-state index contributed by atoms with van der Waals surface area (Å²) < 4.78 is 5.95. The summed E-state index contributed by atoms with van der Waals surface area (Å²) in [5.41, 5.74) is 0.0109. The SMILES string of the molecule is CC1CCCC(NCCN2CC(C)OC(C)(C)C2)C1. The van der Waals surface area contributed by atoms with Gasteiger partial charge in [0.25, 0.3) is 0 Å². The van der Waals surface area contributed by atoms with Crippen molar-refractivity contribution >= 4 is 0 Å². The van der Waals surface area contributed by atoms with Gasteiger partial charge in [-0.25, -0.2) is 0 Å². The van der Waals surface area contributed by atoms with E-state index in [1.165, 1.54) is 25.7 Å². The van der Waals surface area contributed by atoms with Crippen molar-refractivity contribution in [2.45, 2.75) is 71.1 Å². The van der Waals surface area contributed by atoms with Gasteiger partial charge in [-0.2, -0.15) is 0 Å². The molecule has 0 aromatic rings. The summed E-state index contributed by atoms with van der Waals surface area (Å²) >= 11 is 0. The summed E-state index contributed by atoms with van der Waals surface area (Å²) in [5.74, 6) is 0.911. The quantitative estimate of drug-likeness (QED) is 0.848. The standard InChI is InChI=1S/C16H32N2O/c1-13-6-5-7-15(10-13)17-8-9-18-11-14(2)19-16(3,4)12-18/h13-15,17H,5-12H2,1-4H3. The molecule has 2 aliphatic rings. The summed E-state index contributed by atoms with van der Waals surface area (Å²) in [5, 5.41) is 3.76. The van der Waals surface area contributed by atoms with E-state index in [0.29, 0.717) is 6.10 Å². The van der Waals surface area contributed by atoms with Gasteiger partial charge >= 0.3 is 0 Å². The van der Waals surface area contributed by atoms with Crippen LogP contribution in [0.15, 0.2) is 0 Å². The molecule has 1 aliphatic heterocycles. The first-order valence-corrected chi connectivity index (χ1v) is 8.08. The first-order valence-electron chi connectivity index (χ1n) is 8.08. The molecule has 1 saturated carbocycles. The highest BCUT2D eigenvalue weighted by molar-refractivity contribution is 4.83. The maximum absolute atomic E-state index is 5.95. The van der Waals surface area contributed by atoms with Crippen LogP contribution in [-0.2, 0) is 4.74 Å². The van der Waals surface area contributed by atoms with Crippen LogP contribution in [0.3, 0.4) is 0 Å². The molecule has 0 radical (unpaired) electrons. The third kappa shape index (κ3) is 5.05. The van der Waals surface area contributed by atoms with E-state index >= 15 is 0 Å². The molecule has 0 amide bonds. The van der Waals surface area contributed by atoms with E-state index < -0.39 is 0 Å². The van der Waals surface area contributed by atoms with Gasteiger partial charge in [-0.05, 0) is 39.5 Å². The Labute approximate surface area is 119 Å². The van der Waals surface area contributed by atoms with E-state index in [1.807, 2.05) is 0 Å². The average molecular weight is 268 g/mol. The predicted molar refractivity (Wildman–Crippen MR) is 80.5 cm³/mol. The molecule has 19 heavy (non-hydrogen) atoms. The minimum Gasteiger partial charge on any atom is -0.370 e. The normalized spacial score (nSPS) is 36.3. The molecule has 0 aromatic carbocycles. The third-order valence-corrected chi connectivity index (χ3v) is 4.44. The molecule has 1 N–H and O–H groups in total. The lowest BCUT2D eigenvalue weighted by atomic mass is 9.87. The largest absolute Gasteiger partial charge is 0.370 e. The summed E-state index contributed by atoms with van der Waals surface area (Å²) in [6.45, 7) is 13.4. The Balaban J connectivity index is 1.67. The van der Waals surface area contributed by atoms with Gasteiger partial charge in [0, 0.05) is 32.2 Å². The van der Waals surface area contributed by atoms with Gasteiger partial charge in [-0.3, -0.25) is 4.90 Å². The van der Waals surface area contributed by atoms with Crippen LogP contribution in [0.1, 0.15) is 53.4 Å². The molecule has 2 rings (SSSR count). The van der Waals surface area contributed by atoms with Gasteiger partial charge < -0.3 is 10.1 Å². The second-order valence-electron chi connectivity index (χ2n) is 7.35. The molecule has 3 nitrogen and oxygen atoms in total. The highest BCUT2D eigenvalue weighted by atomic mass is 16.5. The number of nitrogens with zero attached hydrogens (tertiary/aromatic N) is 1. The van der Waals surface area contributed by atoms with Crippen molar-refractivity contribution in [3.63, 3.8) is 0 Å². The molecule has 3 heteroatoms. The van der Waals surface area contributed by atoms with Crippen molar-refractivity contribution in [2.24, 2.45) is 5.92 Å². The Morgan fingerprint density at radius 2 is 2.05 bits per heavy atom. The second kappa shape index (κ2) is 6.55. The number of hydrogen-bond acceptors (Lipinski definition) is 3. The van der Waals surface area contributed by atoms with E-state index in [1.54, 1.807) is 0 Å². The molecule has 3 atom stereocenters. The van der Waals surface area contributed by atoms with Crippen molar-refractivity contribution < 1.29 is 4.74 Å². The van der Waals surface area contributed by atoms with Crippen LogP contribution >= 0.6 is 0 Å². The molecule has 112 valence electrons. The Bertz CT molecular complexity index is 280. The summed E-state index contributed by atoms with van der Waals surface area (Å²) in [6.07, 6.45) is 5.92. The van der Waals surface area contributed by atoms with Gasteiger partial charge in [0.05, 0.1) is 11.7 Å². The topological polar surface area (TPSA) is 24.5 Å². The molecular formula is C16H32N2O. The summed E-state index contributed by atoms with van der Waals surface area (Å²) in [6, 6.07) is 0.759. The highest BCUT2D eigenvalue weighted by Gasteiger charge is 2.30. The highest BCUT2D eigenvalue weighted by Crippen LogP contribution is 2.23. The number of nitrogens with one attached hydrogen (secondary N) is 1. The first-order chi connectivity index (χ1) is 8.94. The molecule has 1 heterocycles. The smallest absolute Gasteiger partial charge is 0.0757 e. The van der Waals surface area contributed by atoms with Crippen LogP contribution in [0, 0.1) is 5.92 Å². The van der Waals surface area contributed by atoms with Crippen molar-refractivity contribution in [1.29, 1.82) is 0 Å². The molecule has 2 fully saturated rings. The predicted octanol–water partition coefficient (Wildman–Crippen LogP) is 2.65. The Morgan fingerprint density at radius 1 is 1.26 bits per heavy atom. The van der Waals surface area contributed by atoms with E-state index in [0.717, 1.165) is 38.1 Å². The zero-order valence-corrected chi connectivity index (χ0v) is 13.2. The van der Waals surface area contributed by atoms with Crippen LogP contribution in [-0.4, -0.2) is 48.8 Å². The summed E-state index contributed by atoms with van der Waals surface area (Å²) in [7, 11) is 0. The van der Waals surface area contributed by atoms with Gasteiger partial charge in [0.1, 0.15) is 0 Å². The van der Waals surface area contributed by atoms with E-state index in [-0.39, 0.29) is 5.60 Å². The zero-order valence-electron chi connectivity index (χ0n) is 13.2. The third-order valence-electron chi connectivity index (χ3n) is 4.44. The van der Waals surface area contributed by atoms with Crippen LogP contribution in [0.2, 0.25) is 0 Å². The Hall–Kier alpha value is -0.120. The zero-order chi connectivity index (χ0) is 13.9. The fourth-order valence-corrected chi connectivity index (χ4v) is 3.80. The lowest BCUT2D eigenvalue weighted by Crippen LogP contribution is -2.53. The molecule has 0 bridgehead atoms. The van der Waals surface area contributed by atoms with Crippen LogP contribution in [0.4, 0.5) is 0 Å². The van der Waals surface area contributed by atoms with Crippen LogP contribution in [0.25, 0.3) is 0 Å². The van der Waals surface area contributed by atoms with Crippen molar-refractivity contribution in [1.82, 2.24) is 10.2 Å². The molecule has 0 spiro atoms. The van der Waals surface area contributed by atoms with Crippen molar-refractivity contribution in [2.75, 3.05) is 26.2 Å². The second-order valence-corrected chi connectivity index (χ2v) is 7.35. The first kappa shape index (κ1) is 15.3. The Kier molecular flexibility index (Phi) is 5.27. The van der Waals surface area contributed by atoms with E-state index in [9.17, 15) is 0 Å². The maximum Gasteiger partial charge on any atom is 0.0757 e. The lowest BCUT2D eigenvalue weighted by Gasteiger charge is -2.42. The summed E-state index contributed by atoms with van der Waals surface area (Å²) in [4.78, 5) is 2.55. The monoisotopic (exact) mass is 268 g/mol. The molecule has 1 aliphatic carbocycles. The number of morpholine rings is 1. The fraction of sp³-hybridized carbons (Fsp3) is 1.00. The minimum atomic E-state index is 0.0109. The minimum absolute atomic E-state index is 0.0109. The molecule has 1 saturated heterocycles. The van der Waals surface area contributed by atoms with Crippen molar-refractivity contribution in [3.8, 4) is 0 Å². The van der Waals surface area contributed by atoms with Gasteiger partial charge in [-0.1, -0.05) is 19.8 Å². The number of hydrogen-bond donors (Lipinski definition) is 1.